The van der Waals surface area contributed by atoms with Crippen molar-refractivity contribution in [2.45, 2.75) is 52.1 Å². The van der Waals surface area contributed by atoms with E-state index in [0.29, 0.717) is 19.1 Å². The lowest BCUT2D eigenvalue weighted by atomic mass is 10.0. The maximum absolute atomic E-state index is 10.3. The number of para-hydroxylation sites is 1. The Kier molecular flexibility index (Phi) is 6.71. The van der Waals surface area contributed by atoms with Crippen molar-refractivity contribution in [1.82, 2.24) is 4.90 Å². The summed E-state index contributed by atoms with van der Waals surface area (Å²) >= 11 is 0. The zero-order valence-electron chi connectivity index (χ0n) is 14.3. The fraction of sp³-hybridized carbons (Fsp3) is 0.684. The third kappa shape index (κ3) is 5.62. The first kappa shape index (κ1) is 17.3. The van der Waals surface area contributed by atoms with Crippen molar-refractivity contribution in [3.05, 3.63) is 29.8 Å². The first-order chi connectivity index (χ1) is 10.6. The van der Waals surface area contributed by atoms with Crippen molar-refractivity contribution in [2.24, 2.45) is 5.92 Å². The molecule has 0 aromatic heterocycles. The van der Waals surface area contributed by atoms with Gasteiger partial charge >= 0.3 is 0 Å². The number of hydrogen-bond acceptors (Lipinski definition) is 3. The van der Waals surface area contributed by atoms with Gasteiger partial charge in [-0.3, -0.25) is 0 Å². The molecule has 0 unspecified atom stereocenters. The van der Waals surface area contributed by atoms with Crippen molar-refractivity contribution >= 4 is 0 Å². The molecule has 1 fully saturated rings. The monoisotopic (exact) mass is 305 g/mol. The molecule has 0 amide bonds. The number of ether oxygens (including phenoxy) is 1. The van der Waals surface area contributed by atoms with Crippen LogP contribution < -0.4 is 4.74 Å². The van der Waals surface area contributed by atoms with Gasteiger partial charge in [0.2, 0.25) is 0 Å². The Hall–Kier alpha value is -1.06. The Morgan fingerprint density at radius 1 is 1.27 bits per heavy atom. The van der Waals surface area contributed by atoms with Crippen LogP contribution in [0.5, 0.6) is 5.75 Å². The van der Waals surface area contributed by atoms with Gasteiger partial charge in [-0.15, -0.1) is 0 Å². The largest absolute Gasteiger partial charge is 0.491 e. The van der Waals surface area contributed by atoms with Gasteiger partial charge in [-0.25, -0.2) is 0 Å². The standard InChI is InChI=1S/C19H31NO2/c1-4-11-20(12-16-9-10-16)13-17(21)14-22-19-8-6-5-7-18(19)15(2)3/h5-8,15-17,21H,4,9-14H2,1-3H3/t17-/m0/s1. The van der Waals surface area contributed by atoms with E-state index in [2.05, 4.69) is 31.7 Å². The van der Waals surface area contributed by atoms with Crippen LogP contribution in [0.2, 0.25) is 0 Å². The first-order valence-electron chi connectivity index (χ1n) is 8.72. The molecule has 1 aromatic rings. The van der Waals surface area contributed by atoms with E-state index in [1.807, 2.05) is 18.2 Å². The van der Waals surface area contributed by atoms with Crippen molar-refractivity contribution < 1.29 is 9.84 Å². The summed E-state index contributed by atoms with van der Waals surface area (Å²) in [5, 5.41) is 10.3. The van der Waals surface area contributed by atoms with Gasteiger partial charge in [0.15, 0.2) is 0 Å². The lowest BCUT2D eigenvalue weighted by Gasteiger charge is -2.25. The third-order valence-corrected chi connectivity index (χ3v) is 4.19. The average Bonchev–Trinajstić information content (AvgIpc) is 3.29. The molecule has 1 atom stereocenters. The number of nitrogens with zero attached hydrogens (tertiary/aromatic N) is 1. The number of aliphatic hydroxyl groups excluding tert-OH is 1. The SMILES string of the molecule is CCCN(CC1CC1)C[C@H](O)COc1ccccc1C(C)C. The van der Waals surface area contributed by atoms with E-state index in [9.17, 15) is 5.11 Å². The van der Waals surface area contributed by atoms with Crippen LogP contribution in [0.3, 0.4) is 0 Å². The highest BCUT2D eigenvalue weighted by Gasteiger charge is 2.25. The van der Waals surface area contributed by atoms with Gasteiger partial charge in [0.05, 0.1) is 0 Å². The minimum atomic E-state index is -0.425. The number of aliphatic hydroxyl groups is 1. The van der Waals surface area contributed by atoms with E-state index in [4.69, 9.17) is 4.74 Å². The predicted molar refractivity (Wildman–Crippen MR) is 91.5 cm³/mol. The molecule has 0 saturated heterocycles. The van der Waals surface area contributed by atoms with E-state index >= 15 is 0 Å². The quantitative estimate of drug-likeness (QED) is 0.716. The molecule has 1 aliphatic carbocycles. The molecule has 3 heteroatoms. The zero-order valence-corrected chi connectivity index (χ0v) is 14.3. The Bertz CT molecular complexity index is 443. The molecule has 0 aliphatic heterocycles. The van der Waals surface area contributed by atoms with Gasteiger partial charge in [-0.05, 0) is 49.3 Å². The molecule has 1 saturated carbocycles. The topological polar surface area (TPSA) is 32.7 Å². The molecule has 22 heavy (non-hydrogen) atoms. The minimum absolute atomic E-state index is 0.370. The van der Waals surface area contributed by atoms with Crippen LogP contribution in [0.25, 0.3) is 0 Å². The summed E-state index contributed by atoms with van der Waals surface area (Å²) < 4.78 is 5.88. The molecule has 3 nitrogen and oxygen atoms in total. The Labute approximate surface area is 135 Å². The Morgan fingerprint density at radius 3 is 2.64 bits per heavy atom. The zero-order chi connectivity index (χ0) is 15.9. The van der Waals surface area contributed by atoms with Gasteiger partial charge in [0.1, 0.15) is 18.5 Å². The van der Waals surface area contributed by atoms with Gasteiger partial charge in [-0.2, -0.15) is 0 Å². The Morgan fingerprint density at radius 2 is 2.00 bits per heavy atom. The summed E-state index contributed by atoms with van der Waals surface area (Å²) in [5.41, 5.74) is 1.21. The molecule has 1 aliphatic rings. The van der Waals surface area contributed by atoms with Crippen LogP contribution in [0.4, 0.5) is 0 Å². The molecule has 0 bridgehead atoms. The molecule has 1 N–H and O–H groups in total. The van der Waals surface area contributed by atoms with E-state index in [0.717, 1.165) is 31.2 Å². The molecule has 2 rings (SSSR count). The molecule has 0 spiro atoms. The number of benzene rings is 1. The molecule has 0 heterocycles. The third-order valence-electron chi connectivity index (χ3n) is 4.19. The van der Waals surface area contributed by atoms with Crippen LogP contribution in [0, 0.1) is 5.92 Å². The second-order valence-corrected chi connectivity index (χ2v) is 6.86. The molecular formula is C19H31NO2. The summed E-state index contributed by atoms with van der Waals surface area (Å²) in [7, 11) is 0. The smallest absolute Gasteiger partial charge is 0.122 e. The molecular weight excluding hydrogens is 274 g/mol. The Balaban J connectivity index is 1.82. The molecule has 1 aromatic carbocycles. The fourth-order valence-electron chi connectivity index (χ4n) is 2.86. The number of hydrogen-bond donors (Lipinski definition) is 1. The lowest BCUT2D eigenvalue weighted by molar-refractivity contribution is 0.0661. The lowest BCUT2D eigenvalue weighted by Crippen LogP contribution is -2.37. The summed E-state index contributed by atoms with van der Waals surface area (Å²) in [5.74, 6) is 2.20. The predicted octanol–water partition coefficient (Wildman–Crippen LogP) is 3.67. The van der Waals surface area contributed by atoms with Gasteiger partial charge in [0.25, 0.3) is 0 Å². The summed E-state index contributed by atoms with van der Waals surface area (Å²) in [6.07, 6.45) is 3.42. The van der Waals surface area contributed by atoms with Crippen LogP contribution in [-0.4, -0.2) is 42.4 Å². The summed E-state index contributed by atoms with van der Waals surface area (Å²) in [6.45, 7) is 9.81. The van der Waals surface area contributed by atoms with E-state index in [1.54, 1.807) is 0 Å². The van der Waals surface area contributed by atoms with Crippen LogP contribution in [0.15, 0.2) is 24.3 Å². The highest BCUT2D eigenvalue weighted by atomic mass is 16.5. The van der Waals surface area contributed by atoms with Crippen LogP contribution in [-0.2, 0) is 0 Å². The van der Waals surface area contributed by atoms with Gasteiger partial charge < -0.3 is 14.7 Å². The second-order valence-electron chi connectivity index (χ2n) is 6.86. The normalized spacial score (nSPS) is 16.3. The van der Waals surface area contributed by atoms with Crippen molar-refractivity contribution in [3.8, 4) is 5.75 Å². The summed E-state index contributed by atoms with van der Waals surface area (Å²) in [4.78, 5) is 2.39. The van der Waals surface area contributed by atoms with Crippen molar-refractivity contribution in [1.29, 1.82) is 0 Å². The molecule has 124 valence electrons. The van der Waals surface area contributed by atoms with E-state index in [-0.39, 0.29) is 0 Å². The first-order valence-corrected chi connectivity index (χ1v) is 8.72. The fourth-order valence-corrected chi connectivity index (χ4v) is 2.86. The maximum atomic E-state index is 10.3. The second kappa shape index (κ2) is 8.54. The van der Waals surface area contributed by atoms with E-state index in [1.165, 1.54) is 18.4 Å². The van der Waals surface area contributed by atoms with Crippen LogP contribution in [0.1, 0.15) is 51.5 Å². The number of rotatable bonds is 10. The minimum Gasteiger partial charge on any atom is -0.491 e. The maximum Gasteiger partial charge on any atom is 0.122 e. The van der Waals surface area contributed by atoms with Gasteiger partial charge in [-0.1, -0.05) is 39.0 Å². The highest BCUT2D eigenvalue weighted by molar-refractivity contribution is 5.35. The van der Waals surface area contributed by atoms with E-state index < -0.39 is 6.10 Å². The van der Waals surface area contributed by atoms with Gasteiger partial charge in [0, 0.05) is 13.1 Å². The molecule has 0 radical (unpaired) electrons. The summed E-state index contributed by atoms with van der Waals surface area (Å²) in [6, 6.07) is 8.13. The highest BCUT2D eigenvalue weighted by Crippen LogP contribution is 2.30. The average molecular weight is 305 g/mol. The van der Waals surface area contributed by atoms with Crippen LogP contribution >= 0.6 is 0 Å². The van der Waals surface area contributed by atoms with Crippen molar-refractivity contribution in [3.63, 3.8) is 0 Å². The van der Waals surface area contributed by atoms with Crippen molar-refractivity contribution in [2.75, 3.05) is 26.2 Å².